The second-order valence-electron chi connectivity index (χ2n) is 3.58. The second kappa shape index (κ2) is 6.18. The van der Waals surface area contributed by atoms with Gasteiger partial charge in [0.2, 0.25) is 0 Å². The number of imidazole rings is 1. The molecule has 19 heavy (non-hydrogen) atoms. The molecule has 7 heteroatoms. The van der Waals surface area contributed by atoms with Gasteiger partial charge in [0.05, 0.1) is 18.2 Å². The number of hydrogen-bond donors (Lipinski definition) is 0. The van der Waals surface area contributed by atoms with Crippen LogP contribution in [-0.2, 0) is 52.8 Å². The van der Waals surface area contributed by atoms with Crippen molar-refractivity contribution in [2.45, 2.75) is 0 Å². The monoisotopic (exact) mass is 505 g/mol. The predicted molar refractivity (Wildman–Crippen MR) is 64.5 cm³/mol. The third kappa shape index (κ3) is 2.27. The number of fused-ring (bicyclic) bond motifs is 6. The average molecular weight is 504 g/mol. The van der Waals surface area contributed by atoms with Crippen LogP contribution >= 0.6 is 0 Å². The van der Waals surface area contributed by atoms with Gasteiger partial charge >= 0.3 is 0 Å². The summed E-state index contributed by atoms with van der Waals surface area (Å²) in [6.45, 7) is 0. The largest absolute Gasteiger partial charge is 0.358 e. The average Bonchev–Trinajstić information content (AvgIpc) is 2.98. The van der Waals surface area contributed by atoms with Gasteiger partial charge in [0.1, 0.15) is 12.0 Å². The molecule has 0 bridgehead atoms. The molecule has 3 aromatic heterocycles. The molecule has 0 N–H and O–H groups in total. The summed E-state index contributed by atoms with van der Waals surface area (Å²) in [6.07, 6.45) is 5.26. The van der Waals surface area contributed by atoms with E-state index in [9.17, 15) is 0 Å². The molecule has 0 saturated heterocycles. The first-order valence-electron chi connectivity index (χ1n) is 4.89. The summed E-state index contributed by atoms with van der Waals surface area (Å²) >= 11 is 0. The minimum atomic E-state index is 0. The maximum Gasteiger partial charge on any atom is 0.127 e. The van der Waals surface area contributed by atoms with E-state index in [1.165, 1.54) is 0 Å². The Morgan fingerprint density at radius 3 is 2.84 bits per heavy atom. The Morgan fingerprint density at radius 2 is 2.00 bits per heavy atom. The van der Waals surface area contributed by atoms with E-state index in [0.29, 0.717) is 0 Å². The van der Waals surface area contributed by atoms with Crippen LogP contribution in [0.25, 0.3) is 22.2 Å². The van der Waals surface area contributed by atoms with Gasteiger partial charge in [0, 0.05) is 52.8 Å². The van der Waals surface area contributed by atoms with Gasteiger partial charge in [-0.1, -0.05) is 5.39 Å². The molecule has 0 aliphatic carbocycles. The van der Waals surface area contributed by atoms with Crippen molar-refractivity contribution in [3.8, 4) is 0 Å². The fourth-order valence-corrected chi connectivity index (χ4v) is 2.03. The normalized spacial score (nSPS) is 9.89. The van der Waals surface area contributed by atoms with E-state index in [1.54, 1.807) is 18.9 Å². The van der Waals surface area contributed by atoms with Gasteiger partial charge in [0.25, 0.3) is 0 Å². The fourth-order valence-electron chi connectivity index (χ4n) is 2.03. The minimum absolute atomic E-state index is 0. The Bertz CT molecular complexity index is 753. The van der Waals surface area contributed by atoms with Gasteiger partial charge in [-0.3, -0.25) is 0 Å². The van der Waals surface area contributed by atoms with E-state index in [-0.39, 0.29) is 60.2 Å². The third-order valence-electron chi connectivity index (χ3n) is 2.73. The molecule has 0 atom stereocenters. The molecule has 0 unspecified atom stereocenters. The number of rotatable bonds is 0. The van der Waals surface area contributed by atoms with Crippen LogP contribution in [0.15, 0.2) is 37.1 Å². The fraction of sp³-hybridized carbons (Fsp3) is 0. The van der Waals surface area contributed by atoms with Crippen molar-refractivity contribution in [2.24, 2.45) is 0 Å². The summed E-state index contributed by atoms with van der Waals surface area (Å²) in [7, 11) is 0. The summed E-state index contributed by atoms with van der Waals surface area (Å²) < 4.78 is 3.91. The van der Waals surface area contributed by atoms with Crippen LogP contribution in [-0.4, -0.2) is 24.0 Å². The first kappa shape index (κ1) is 16.4. The maximum atomic E-state index is 4.15. The van der Waals surface area contributed by atoms with Crippen molar-refractivity contribution in [1.82, 2.24) is 24.0 Å². The van der Waals surface area contributed by atoms with Crippen LogP contribution in [0.5, 0.6) is 0 Å². The van der Waals surface area contributed by atoms with E-state index in [1.807, 2.05) is 27.0 Å². The van der Waals surface area contributed by atoms with Crippen molar-refractivity contribution in [1.29, 1.82) is 0 Å². The van der Waals surface area contributed by atoms with Crippen LogP contribution in [0.4, 0.5) is 0 Å². The Balaban J connectivity index is 0.000000602. The first-order chi connectivity index (χ1) is 7.95. The SMILES string of the molecule is [CH3-].[Ir].[Y].[c-]1cccc2c1c1nncn1c1cncn21. The summed E-state index contributed by atoms with van der Waals surface area (Å²) in [5.41, 5.74) is 2.80. The van der Waals surface area contributed by atoms with Crippen LogP contribution in [0.2, 0.25) is 0 Å². The molecule has 0 amide bonds. The van der Waals surface area contributed by atoms with Crippen molar-refractivity contribution in [3.63, 3.8) is 0 Å². The summed E-state index contributed by atoms with van der Waals surface area (Å²) in [5.74, 6) is 0. The van der Waals surface area contributed by atoms with Gasteiger partial charge in [-0.15, -0.1) is 29.4 Å². The molecule has 4 aromatic rings. The Morgan fingerprint density at radius 1 is 1.16 bits per heavy atom. The summed E-state index contributed by atoms with van der Waals surface area (Å²) in [6, 6.07) is 9.04. The van der Waals surface area contributed by atoms with Crippen LogP contribution in [0.1, 0.15) is 0 Å². The molecule has 96 valence electrons. The second-order valence-corrected chi connectivity index (χ2v) is 3.58. The van der Waals surface area contributed by atoms with Gasteiger partial charge < -0.3 is 16.2 Å². The molecular weight excluding hydrogens is 495 g/mol. The smallest absolute Gasteiger partial charge is 0.127 e. The van der Waals surface area contributed by atoms with Gasteiger partial charge in [-0.2, -0.15) is 5.10 Å². The number of nitrogens with zero attached hydrogens (tertiary/aromatic N) is 5. The molecule has 1 aromatic carbocycles. The number of benzene rings is 1. The molecular formula is C12H9IrN5Y-2. The first-order valence-corrected chi connectivity index (χ1v) is 4.89. The van der Waals surface area contributed by atoms with Crippen LogP contribution in [0, 0.1) is 13.5 Å². The Labute approximate surface area is 148 Å². The molecule has 0 aliphatic rings. The zero-order valence-corrected chi connectivity index (χ0v) is 15.3. The van der Waals surface area contributed by atoms with E-state index >= 15 is 0 Å². The van der Waals surface area contributed by atoms with E-state index in [2.05, 4.69) is 21.2 Å². The summed E-state index contributed by atoms with van der Waals surface area (Å²) in [4.78, 5) is 4.15. The van der Waals surface area contributed by atoms with Crippen molar-refractivity contribution < 1.29 is 52.8 Å². The Kier molecular flexibility index (Phi) is 5.33. The van der Waals surface area contributed by atoms with Crippen molar-refractivity contribution in [3.05, 3.63) is 50.5 Å². The quantitative estimate of drug-likeness (QED) is 0.343. The standard InChI is InChI=1S/C11H6N5.CH3.Ir.Y/c1-2-4-9-8(3-1)11-14-13-7-16(11)10-5-12-6-15(9)10;;;/h1-2,4-7H;1H3;;/q2*-1;;. The molecule has 0 spiro atoms. The summed E-state index contributed by atoms with van der Waals surface area (Å²) in [5, 5.41) is 9.00. The third-order valence-corrected chi connectivity index (χ3v) is 2.73. The van der Waals surface area contributed by atoms with Crippen LogP contribution < -0.4 is 0 Å². The van der Waals surface area contributed by atoms with Gasteiger partial charge in [-0.25, -0.2) is 4.98 Å². The zero-order chi connectivity index (χ0) is 10.5. The Hall–Kier alpha value is -0.677. The van der Waals surface area contributed by atoms with Crippen molar-refractivity contribution in [2.75, 3.05) is 0 Å². The van der Waals surface area contributed by atoms with Crippen LogP contribution in [0.3, 0.4) is 0 Å². The van der Waals surface area contributed by atoms with E-state index in [0.717, 1.165) is 22.2 Å². The van der Waals surface area contributed by atoms with Crippen molar-refractivity contribution >= 4 is 22.2 Å². The zero-order valence-electron chi connectivity index (χ0n) is 10.1. The number of aromatic nitrogens is 5. The molecule has 2 radical (unpaired) electrons. The van der Waals surface area contributed by atoms with E-state index in [4.69, 9.17) is 0 Å². The predicted octanol–water partition coefficient (Wildman–Crippen LogP) is 1.78. The maximum absolute atomic E-state index is 4.15. The minimum Gasteiger partial charge on any atom is -0.358 e. The van der Waals surface area contributed by atoms with Gasteiger partial charge in [0.15, 0.2) is 0 Å². The molecule has 0 saturated carbocycles. The number of hydrogen-bond acceptors (Lipinski definition) is 3. The molecule has 5 nitrogen and oxygen atoms in total. The van der Waals surface area contributed by atoms with E-state index < -0.39 is 0 Å². The molecule has 3 heterocycles. The molecule has 4 rings (SSSR count). The topological polar surface area (TPSA) is 47.5 Å². The molecule has 0 fully saturated rings. The molecule has 0 aliphatic heterocycles. The van der Waals surface area contributed by atoms with Gasteiger partial charge in [-0.05, 0) is 5.52 Å².